The van der Waals surface area contributed by atoms with Crippen LogP contribution in [-0.4, -0.2) is 44.1 Å². The zero-order valence-electron chi connectivity index (χ0n) is 12.1. The molecule has 0 radical (unpaired) electrons. The van der Waals surface area contributed by atoms with Crippen LogP contribution in [-0.2, 0) is 16.6 Å². The summed E-state index contributed by atoms with van der Waals surface area (Å²) in [4.78, 5) is 25.2. The summed E-state index contributed by atoms with van der Waals surface area (Å²) in [5.41, 5.74) is 0.864. The van der Waals surface area contributed by atoms with E-state index >= 15 is 0 Å². The van der Waals surface area contributed by atoms with Gasteiger partial charge in [0, 0.05) is 22.6 Å². The van der Waals surface area contributed by atoms with E-state index < -0.39 is 16.8 Å². The molecule has 1 aromatic rings. The number of thioether (sulfide) groups is 1. The summed E-state index contributed by atoms with van der Waals surface area (Å²) in [7, 11) is 1.92. The molecule has 2 unspecified atom stereocenters. The first-order chi connectivity index (χ1) is 9.81. The lowest BCUT2D eigenvalue weighted by Gasteiger charge is -2.43. The number of carboxylic acid groups (broad SMARTS) is 1. The van der Waals surface area contributed by atoms with Gasteiger partial charge in [-0.25, -0.2) is 9.36 Å². The van der Waals surface area contributed by atoms with Crippen molar-refractivity contribution >= 4 is 29.3 Å². The number of carbonyl (C=O) groups is 2. The van der Waals surface area contributed by atoms with E-state index in [2.05, 4.69) is 5.32 Å². The fraction of sp³-hybridized carbons (Fsp3) is 0.500. The maximum atomic E-state index is 12.3. The minimum absolute atomic E-state index is 0.123. The molecule has 2 saturated heterocycles. The molecular weight excluding hydrogens is 290 g/mol. The molecule has 0 bridgehead atoms. The van der Waals surface area contributed by atoms with E-state index in [1.165, 1.54) is 4.90 Å². The number of anilines is 1. The van der Waals surface area contributed by atoms with E-state index in [0.717, 1.165) is 5.69 Å². The molecule has 0 aliphatic carbocycles. The van der Waals surface area contributed by atoms with Crippen LogP contribution in [0.15, 0.2) is 24.5 Å². The number of nitrogens with one attached hydrogen (secondary N) is 1. The van der Waals surface area contributed by atoms with Gasteiger partial charge in [0.1, 0.15) is 24.5 Å². The number of hydrogen-bond donors (Lipinski definition) is 2. The zero-order chi connectivity index (χ0) is 15.4. The Balaban J connectivity index is 1.78. The standard InChI is InChI=1S/C14H17N3O3S/c1-14(2)10(13(19)20)17-11(18)9(12(17)21-14)15-8-4-6-16(3)7-5-8/h4-7,9-10,12H,1-3H3,(H,19,20)/p+1/t9?,10-,12?/m0/s1. The molecule has 1 aromatic heterocycles. The Bertz CT molecular complexity index is 602. The summed E-state index contributed by atoms with van der Waals surface area (Å²) in [5, 5.41) is 12.4. The minimum atomic E-state index is -0.937. The molecule has 3 heterocycles. The average molecular weight is 308 g/mol. The van der Waals surface area contributed by atoms with Crippen LogP contribution in [0.5, 0.6) is 0 Å². The third-order valence-corrected chi connectivity index (χ3v) is 5.55. The van der Waals surface area contributed by atoms with Gasteiger partial charge in [-0.1, -0.05) is 0 Å². The van der Waals surface area contributed by atoms with Gasteiger partial charge in [-0.05, 0) is 13.8 Å². The van der Waals surface area contributed by atoms with E-state index in [4.69, 9.17) is 0 Å². The van der Waals surface area contributed by atoms with E-state index in [0.29, 0.717) is 0 Å². The number of carbonyl (C=O) groups excluding carboxylic acids is 1. The van der Waals surface area contributed by atoms with Crippen LogP contribution >= 0.6 is 11.8 Å². The molecule has 6 nitrogen and oxygen atoms in total. The number of pyridine rings is 1. The highest BCUT2D eigenvalue weighted by Gasteiger charge is 2.63. The van der Waals surface area contributed by atoms with Gasteiger partial charge < -0.3 is 15.3 Å². The first kappa shape index (κ1) is 14.2. The number of aliphatic carboxylic acids is 1. The molecule has 3 rings (SSSR count). The number of amides is 1. The molecule has 3 atom stereocenters. The van der Waals surface area contributed by atoms with Crippen molar-refractivity contribution in [1.29, 1.82) is 0 Å². The highest BCUT2D eigenvalue weighted by Crippen LogP contribution is 2.51. The molecule has 112 valence electrons. The van der Waals surface area contributed by atoms with E-state index in [1.807, 2.05) is 50.0 Å². The topological polar surface area (TPSA) is 73.5 Å². The second-order valence-electron chi connectivity index (χ2n) is 5.97. The van der Waals surface area contributed by atoms with Crippen molar-refractivity contribution < 1.29 is 19.3 Å². The summed E-state index contributed by atoms with van der Waals surface area (Å²) in [6.07, 6.45) is 3.80. The smallest absolute Gasteiger partial charge is 0.327 e. The quantitative estimate of drug-likeness (QED) is 0.626. The normalized spacial score (nSPS) is 29.8. The first-order valence-electron chi connectivity index (χ1n) is 6.76. The lowest BCUT2D eigenvalue weighted by molar-refractivity contribution is -0.671. The average Bonchev–Trinajstić information content (AvgIpc) is 2.66. The lowest BCUT2D eigenvalue weighted by Crippen LogP contribution is -2.68. The number of aryl methyl sites for hydroxylation is 1. The van der Waals surface area contributed by atoms with Gasteiger partial charge >= 0.3 is 5.97 Å². The SMILES string of the molecule is C[n+]1ccc(NC2C(=O)N3C2SC(C)(C)[C@@H]3C(=O)O)cc1. The van der Waals surface area contributed by atoms with Gasteiger partial charge in [-0.15, -0.1) is 11.8 Å². The lowest BCUT2D eigenvalue weighted by atomic mass is 9.96. The largest absolute Gasteiger partial charge is 0.480 e. The van der Waals surface area contributed by atoms with Gasteiger partial charge in [0.05, 0.1) is 0 Å². The van der Waals surface area contributed by atoms with Gasteiger partial charge in [0.2, 0.25) is 5.91 Å². The Morgan fingerprint density at radius 1 is 1.43 bits per heavy atom. The van der Waals surface area contributed by atoms with Crippen LogP contribution in [0.1, 0.15) is 13.8 Å². The molecule has 0 saturated carbocycles. The van der Waals surface area contributed by atoms with Crippen molar-refractivity contribution in [3.63, 3.8) is 0 Å². The van der Waals surface area contributed by atoms with Crippen molar-refractivity contribution in [2.24, 2.45) is 7.05 Å². The van der Waals surface area contributed by atoms with Crippen molar-refractivity contribution in [1.82, 2.24) is 4.90 Å². The van der Waals surface area contributed by atoms with E-state index in [1.54, 1.807) is 11.8 Å². The Labute approximate surface area is 127 Å². The van der Waals surface area contributed by atoms with Crippen molar-refractivity contribution in [2.45, 2.75) is 36.1 Å². The van der Waals surface area contributed by atoms with Gasteiger partial charge in [0.25, 0.3) is 0 Å². The molecule has 2 aliphatic rings. The van der Waals surface area contributed by atoms with Crippen LogP contribution in [0.25, 0.3) is 0 Å². The highest BCUT2D eigenvalue weighted by molar-refractivity contribution is 8.01. The highest BCUT2D eigenvalue weighted by atomic mass is 32.2. The van der Waals surface area contributed by atoms with E-state index in [-0.39, 0.29) is 17.3 Å². The Morgan fingerprint density at radius 3 is 2.62 bits per heavy atom. The van der Waals surface area contributed by atoms with Crippen molar-refractivity contribution in [3.8, 4) is 0 Å². The summed E-state index contributed by atoms with van der Waals surface area (Å²) in [6.45, 7) is 3.75. The third kappa shape index (κ3) is 2.16. The van der Waals surface area contributed by atoms with Crippen molar-refractivity contribution in [3.05, 3.63) is 24.5 Å². The number of aromatic nitrogens is 1. The van der Waals surface area contributed by atoms with Gasteiger partial charge in [-0.3, -0.25) is 4.79 Å². The Kier molecular flexibility index (Phi) is 3.12. The number of carboxylic acids is 1. The second-order valence-corrected chi connectivity index (χ2v) is 7.74. The molecule has 2 aliphatic heterocycles. The minimum Gasteiger partial charge on any atom is -0.480 e. The van der Waals surface area contributed by atoms with Crippen LogP contribution < -0.4 is 9.88 Å². The summed E-state index contributed by atoms with van der Waals surface area (Å²) in [6, 6.07) is 2.68. The first-order valence-corrected chi connectivity index (χ1v) is 7.64. The molecule has 7 heteroatoms. The summed E-state index contributed by atoms with van der Waals surface area (Å²) >= 11 is 1.54. The zero-order valence-corrected chi connectivity index (χ0v) is 12.9. The number of β-lactam (4-membered cyclic amide) rings is 1. The molecule has 2 fully saturated rings. The fourth-order valence-electron chi connectivity index (χ4n) is 2.92. The molecule has 21 heavy (non-hydrogen) atoms. The molecular formula is C14H18N3O3S+. The van der Waals surface area contributed by atoms with Crippen LogP contribution in [0, 0.1) is 0 Å². The van der Waals surface area contributed by atoms with Gasteiger partial charge in [-0.2, -0.15) is 0 Å². The summed E-state index contributed by atoms with van der Waals surface area (Å²) in [5.74, 6) is -1.08. The number of rotatable bonds is 3. The molecule has 2 N–H and O–H groups in total. The Hall–Kier alpha value is -1.76. The number of hydrogen-bond acceptors (Lipinski definition) is 4. The van der Waals surface area contributed by atoms with Crippen molar-refractivity contribution in [2.75, 3.05) is 5.32 Å². The molecule has 0 spiro atoms. The van der Waals surface area contributed by atoms with E-state index in [9.17, 15) is 14.7 Å². The predicted octanol–water partition coefficient (Wildman–Crippen LogP) is 0.438. The number of nitrogens with zero attached hydrogens (tertiary/aromatic N) is 2. The Morgan fingerprint density at radius 2 is 2.05 bits per heavy atom. The van der Waals surface area contributed by atoms with Crippen LogP contribution in [0.4, 0.5) is 5.69 Å². The number of fused-ring (bicyclic) bond motifs is 1. The molecule has 1 amide bonds. The maximum Gasteiger partial charge on any atom is 0.327 e. The third-order valence-electron chi connectivity index (χ3n) is 3.98. The monoisotopic (exact) mass is 308 g/mol. The second kappa shape index (κ2) is 4.62. The summed E-state index contributed by atoms with van der Waals surface area (Å²) < 4.78 is 1.43. The maximum absolute atomic E-state index is 12.3. The van der Waals surface area contributed by atoms with Crippen LogP contribution in [0.2, 0.25) is 0 Å². The predicted molar refractivity (Wildman–Crippen MR) is 78.8 cm³/mol. The van der Waals surface area contributed by atoms with Crippen LogP contribution in [0.3, 0.4) is 0 Å². The molecule has 0 aromatic carbocycles. The fourth-order valence-corrected chi connectivity index (χ4v) is 4.55. The van der Waals surface area contributed by atoms with Gasteiger partial charge in [0.15, 0.2) is 12.4 Å².